The molecule has 0 radical (unpaired) electrons. The Balaban J connectivity index is 2.36. The van der Waals surface area contributed by atoms with Gasteiger partial charge in [-0.05, 0) is 24.3 Å². The third-order valence-corrected chi connectivity index (χ3v) is 3.19. The number of imidazole rings is 1. The Hall–Kier alpha value is -1.71. The highest BCUT2D eigenvalue weighted by Gasteiger charge is 2.13. The van der Waals surface area contributed by atoms with Gasteiger partial charge in [0.05, 0.1) is 5.52 Å². The third-order valence-electron chi connectivity index (χ3n) is 2.68. The normalized spacial score (nSPS) is 11.0. The van der Waals surface area contributed by atoms with Gasteiger partial charge in [0.2, 0.25) is 0 Å². The molecule has 3 rings (SSSR count). The molecule has 2 heterocycles. The van der Waals surface area contributed by atoms with E-state index < -0.39 is 0 Å². The smallest absolute Gasteiger partial charge is 0.197 e. The van der Waals surface area contributed by atoms with Crippen LogP contribution in [0.15, 0.2) is 42.5 Å². The van der Waals surface area contributed by atoms with Crippen molar-refractivity contribution in [2.45, 2.75) is 0 Å². The van der Waals surface area contributed by atoms with Gasteiger partial charge in [0, 0.05) is 10.6 Å². The van der Waals surface area contributed by atoms with Crippen LogP contribution in [0.3, 0.4) is 0 Å². The van der Waals surface area contributed by atoms with Crippen LogP contribution >= 0.6 is 23.2 Å². The van der Waals surface area contributed by atoms with E-state index in [-0.39, 0.29) is 5.88 Å². The minimum Gasteiger partial charge on any atom is -0.494 e. The molecule has 0 fully saturated rings. The zero-order valence-corrected chi connectivity index (χ0v) is 10.7. The van der Waals surface area contributed by atoms with Crippen molar-refractivity contribution in [2.75, 3.05) is 0 Å². The van der Waals surface area contributed by atoms with E-state index in [1.54, 1.807) is 34.7 Å². The lowest BCUT2D eigenvalue weighted by Gasteiger charge is -2.03. The number of rotatable bonds is 1. The van der Waals surface area contributed by atoms with Crippen molar-refractivity contribution >= 4 is 28.7 Å². The molecule has 0 bridgehead atoms. The molecule has 0 aliphatic heterocycles. The van der Waals surface area contributed by atoms with Crippen LogP contribution in [0.4, 0.5) is 0 Å². The molecule has 0 amide bonds. The lowest BCUT2D eigenvalue weighted by Crippen LogP contribution is -1.90. The molecule has 1 aromatic carbocycles. The predicted octanol–water partition coefficient (Wildman–Crippen LogP) is 4.01. The van der Waals surface area contributed by atoms with Gasteiger partial charge in [-0.3, -0.25) is 4.40 Å². The number of halogens is 2. The SMILES string of the molecule is Oc1cccc2c(Cl)nc(-c3cccc(Cl)c3)n12. The van der Waals surface area contributed by atoms with Crippen LogP contribution in [-0.4, -0.2) is 14.5 Å². The summed E-state index contributed by atoms with van der Waals surface area (Å²) in [6.07, 6.45) is 0. The summed E-state index contributed by atoms with van der Waals surface area (Å²) >= 11 is 12.0. The molecular weight excluding hydrogens is 271 g/mol. The minimum atomic E-state index is 0.0851. The Bertz CT molecular complexity index is 737. The van der Waals surface area contributed by atoms with E-state index in [9.17, 15) is 5.11 Å². The first-order chi connectivity index (χ1) is 8.66. The fourth-order valence-corrected chi connectivity index (χ4v) is 2.32. The zero-order chi connectivity index (χ0) is 12.7. The maximum absolute atomic E-state index is 9.93. The van der Waals surface area contributed by atoms with Crippen molar-refractivity contribution in [1.29, 1.82) is 0 Å². The van der Waals surface area contributed by atoms with Crippen LogP contribution in [-0.2, 0) is 0 Å². The molecule has 0 aliphatic rings. The fourth-order valence-electron chi connectivity index (χ4n) is 1.90. The molecule has 2 aromatic heterocycles. The lowest BCUT2D eigenvalue weighted by molar-refractivity contribution is 0.447. The predicted molar refractivity (Wildman–Crippen MR) is 72.3 cm³/mol. The number of hydrogen-bond donors (Lipinski definition) is 1. The van der Waals surface area contributed by atoms with Crippen molar-refractivity contribution in [2.24, 2.45) is 0 Å². The van der Waals surface area contributed by atoms with E-state index in [0.29, 0.717) is 21.5 Å². The average molecular weight is 279 g/mol. The lowest BCUT2D eigenvalue weighted by atomic mass is 10.2. The van der Waals surface area contributed by atoms with Crippen molar-refractivity contribution in [1.82, 2.24) is 9.38 Å². The van der Waals surface area contributed by atoms with Crippen LogP contribution in [0, 0.1) is 0 Å². The second kappa shape index (κ2) is 4.19. The van der Waals surface area contributed by atoms with Crippen LogP contribution < -0.4 is 0 Å². The highest BCUT2D eigenvalue weighted by Crippen LogP contribution is 2.30. The van der Waals surface area contributed by atoms with Gasteiger partial charge >= 0.3 is 0 Å². The molecule has 0 unspecified atom stereocenters. The van der Waals surface area contributed by atoms with E-state index in [4.69, 9.17) is 23.2 Å². The number of fused-ring (bicyclic) bond motifs is 1. The summed E-state index contributed by atoms with van der Waals surface area (Å²) in [5.41, 5.74) is 1.46. The Labute approximate surface area is 113 Å². The third kappa shape index (κ3) is 1.72. The first-order valence-electron chi connectivity index (χ1n) is 5.28. The van der Waals surface area contributed by atoms with Gasteiger partial charge < -0.3 is 5.11 Å². The first kappa shape index (κ1) is 11.4. The number of aromatic nitrogens is 2. The van der Waals surface area contributed by atoms with Gasteiger partial charge in [-0.25, -0.2) is 4.98 Å². The molecule has 18 heavy (non-hydrogen) atoms. The van der Waals surface area contributed by atoms with Crippen LogP contribution in [0.25, 0.3) is 16.9 Å². The van der Waals surface area contributed by atoms with Crippen molar-refractivity contribution in [3.8, 4) is 17.3 Å². The molecule has 90 valence electrons. The Morgan fingerprint density at radius 2 is 1.83 bits per heavy atom. The highest BCUT2D eigenvalue weighted by atomic mass is 35.5. The van der Waals surface area contributed by atoms with Gasteiger partial charge in [0.25, 0.3) is 0 Å². The Morgan fingerprint density at radius 3 is 2.61 bits per heavy atom. The number of benzene rings is 1. The molecular formula is C13H8Cl2N2O. The first-order valence-corrected chi connectivity index (χ1v) is 6.04. The van der Waals surface area contributed by atoms with Gasteiger partial charge in [-0.2, -0.15) is 0 Å². The topological polar surface area (TPSA) is 37.5 Å². The summed E-state index contributed by atoms with van der Waals surface area (Å²) in [7, 11) is 0. The summed E-state index contributed by atoms with van der Waals surface area (Å²) < 4.78 is 1.59. The average Bonchev–Trinajstić information content (AvgIpc) is 2.69. The van der Waals surface area contributed by atoms with Crippen LogP contribution in [0.1, 0.15) is 0 Å². The van der Waals surface area contributed by atoms with Crippen LogP contribution in [0.5, 0.6) is 5.88 Å². The van der Waals surface area contributed by atoms with E-state index in [1.165, 1.54) is 0 Å². The monoisotopic (exact) mass is 278 g/mol. The van der Waals surface area contributed by atoms with Gasteiger partial charge in [0.1, 0.15) is 5.82 Å². The summed E-state index contributed by atoms with van der Waals surface area (Å²) in [5, 5.41) is 10.9. The number of pyridine rings is 1. The number of aromatic hydroxyl groups is 1. The standard InChI is InChI=1S/C13H8Cl2N2O/c14-9-4-1-3-8(7-9)13-16-12(15)10-5-2-6-11(18)17(10)13/h1-7,18H. The largest absolute Gasteiger partial charge is 0.494 e. The minimum absolute atomic E-state index is 0.0851. The van der Waals surface area contributed by atoms with Gasteiger partial charge in [-0.15, -0.1) is 0 Å². The second-order valence-corrected chi connectivity index (χ2v) is 4.64. The number of hydrogen-bond acceptors (Lipinski definition) is 2. The quantitative estimate of drug-likeness (QED) is 0.730. The Morgan fingerprint density at radius 1 is 1.06 bits per heavy atom. The molecule has 5 heteroatoms. The van der Waals surface area contributed by atoms with E-state index >= 15 is 0 Å². The van der Waals surface area contributed by atoms with E-state index in [2.05, 4.69) is 4.98 Å². The van der Waals surface area contributed by atoms with Gasteiger partial charge in [0.15, 0.2) is 11.0 Å². The maximum Gasteiger partial charge on any atom is 0.197 e. The molecule has 0 aliphatic carbocycles. The highest BCUT2D eigenvalue weighted by molar-refractivity contribution is 6.33. The van der Waals surface area contributed by atoms with Gasteiger partial charge in [-0.1, -0.05) is 41.4 Å². The summed E-state index contributed by atoms with van der Waals surface area (Å²) in [4.78, 5) is 4.27. The summed E-state index contributed by atoms with van der Waals surface area (Å²) in [6.45, 7) is 0. The van der Waals surface area contributed by atoms with Crippen molar-refractivity contribution in [3.63, 3.8) is 0 Å². The summed E-state index contributed by atoms with van der Waals surface area (Å²) in [6, 6.07) is 12.3. The number of nitrogens with zero attached hydrogens (tertiary/aromatic N) is 2. The van der Waals surface area contributed by atoms with E-state index in [1.807, 2.05) is 12.1 Å². The van der Waals surface area contributed by atoms with Crippen molar-refractivity contribution < 1.29 is 5.11 Å². The van der Waals surface area contributed by atoms with Crippen molar-refractivity contribution in [3.05, 3.63) is 52.6 Å². The molecule has 0 saturated heterocycles. The maximum atomic E-state index is 9.93. The Kier molecular flexibility index (Phi) is 2.65. The molecule has 0 atom stereocenters. The van der Waals surface area contributed by atoms with E-state index in [0.717, 1.165) is 5.56 Å². The molecule has 3 aromatic rings. The fraction of sp³-hybridized carbons (Fsp3) is 0. The zero-order valence-electron chi connectivity index (χ0n) is 9.14. The summed E-state index contributed by atoms with van der Waals surface area (Å²) in [5.74, 6) is 0.650. The molecule has 0 saturated carbocycles. The molecule has 0 spiro atoms. The van der Waals surface area contributed by atoms with Crippen LogP contribution in [0.2, 0.25) is 10.2 Å². The molecule has 3 nitrogen and oxygen atoms in total. The molecule has 1 N–H and O–H groups in total. The second-order valence-electron chi connectivity index (χ2n) is 3.84.